The molecule has 0 bridgehead atoms. The van der Waals surface area contributed by atoms with Crippen LogP contribution in [0, 0.1) is 41.8 Å². The van der Waals surface area contributed by atoms with Crippen LogP contribution in [0.1, 0.15) is 125 Å². The van der Waals surface area contributed by atoms with Crippen LogP contribution in [0.3, 0.4) is 0 Å². The van der Waals surface area contributed by atoms with Gasteiger partial charge in [0.25, 0.3) is 0 Å². The average molecular weight is 1690 g/mol. The van der Waals surface area contributed by atoms with Gasteiger partial charge in [-0.3, -0.25) is 0 Å². The van der Waals surface area contributed by atoms with E-state index in [1.165, 1.54) is 106 Å². The monoisotopic (exact) mass is 1690 g/mol. The second-order valence-electron chi connectivity index (χ2n) is 32.4. The van der Waals surface area contributed by atoms with Crippen molar-refractivity contribution >= 4 is 72.8 Å². The summed E-state index contributed by atoms with van der Waals surface area (Å²) < 4.78 is 117. The number of nitrogens with one attached hydrogen (secondary N) is 3. The fourth-order valence-electron chi connectivity index (χ4n) is 18.9. The van der Waals surface area contributed by atoms with Crippen LogP contribution < -0.4 is 52.1 Å². The molecule has 4 saturated carbocycles. The molecule has 121 heavy (non-hydrogen) atoms. The Hall–Kier alpha value is -10.4. The zero-order chi connectivity index (χ0) is 84.7. The predicted octanol–water partition coefficient (Wildman–Crippen LogP) is 8.92. The van der Waals surface area contributed by atoms with Crippen LogP contribution in [-0.4, -0.2) is 177 Å². The molecule has 8 aromatic heterocycles. The smallest absolute Gasteiger partial charge is 0.162 e. The van der Waals surface area contributed by atoms with E-state index in [-0.39, 0.29) is 63.0 Å². The van der Waals surface area contributed by atoms with Crippen molar-refractivity contribution in [3.63, 3.8) is 0 Å². The first kappa shape index (κ1) is 82.9. The maximum Gasteiger partial charge on any atom is 0.162 e. The van der Waals surface area contributed by atoms with E-state index >= 15 is 0 Å². The van der Waals surface area contributed by atoms with Crippen LogP contribution in [0.4, 0.5) is 43.4 Å². The van der Waals surface area contributed by atoms with Gasteiger partial charge in [0.15, 0.2) is 34.9 Å². The summed E-state index contributed by atoms with van der Waals surface area (Å²) in [7, 11) is 0. The second kappa shape index (κ2) is 34.1. The van der Waals surface area contributed by atoms with Crippen molar-refractivity contribution < 1.29 is 86.1 Å². The van der Waals surface area contributed by atoms with Crippen molar-refractivity contribution in [3.8, 4) is 23.0 Å². The number of aromatic nitrogens is 9. The molecule has 0 radical (unpaired) electrons. The number of ether oxygens (including phenoxy) is 4. The Bertz CT molecular complexity index is 5900. The zero-order valence-corrected chi connectivity index (χ0v) is 66.8. The highest BCUT2D eigenvalue weighted by Gasteiger charge is 2.50. The Morgan fingerprint density at radius 1 is 0.413 bits per heavy atom. The van der Waals surface area contributed by atoms with E-state index in [4.69, 9.17) is 47.7 Å². The number of benzene rings is 4. The molecule has 0 saturated heterocycles. The number of halogens is 7. The van der Waals surface area contributed by atoms with Crippen LogP contribution in [0.25, 0.3) is 44.1 Å². The Kier molecular flexibility index (Phi) is 23.4. The van der Waals surface area contributed by atoms with Crippen molar-refractivity contribution in [2.24, 2.45) is 0 Å². The van der Waals surface area contributed by atoms with Gasteiger partial charge < -0.3 is 111 Å². The molecule has 5 aliphatic carbocycles. The molecule has 34 heteroatoms. The molecule has 16 atom stereocenters. The first-order valence-electron chi connectivity index (χ1n) is 40.8. The molecule has 27 nitrogen and oxygen atoms in total. The standard InChI is InChI=1S/C24H28FN3O3.C21H22ClFN4O3.C21H21F3N4O3.C21H23FN4O3/c1-3-14-8-15-6-4-5-7-16(15)19(9-14)31-20-10-18(22(29)23(20)30)28-11-17(25)21-13(2)26-12-27-24(21)28;22-11-5-10-1-3-25-8-12(10)16(6-11)30-17-7-15(19(28)20(17)29)27-9-13(23)18-14(24)2-4-26-21(18)27;22-11-5-15(10-7-26-3-1-9(10)18(11)24)31-16-6-14(19(29)20(16)30)28-8-12(23)17-13(25)2-4-27-21(17)28;22-13-10-26(21-18(13)14(23)5-7-25-21)15-8-17(20(28)19(15)27)29-16-3-1-2-11-4-6-24-9-12(11)16/h8-9,11-12,18,20,22-23,29-30H,3-7,10H2,1-2H3;2,4-6,9,15,17,19-20,25,28-29H,1,3,7-8H2,(H2,24,26);2,4-5,8,14,16,19-20,26,29-30H,1,3,6-7H2,(H2,25,27);1-3,5,7,10,15,17,19-20,24,27-28H,4,6,8-9H2,(H2,23,25)/t18-,20+,22+,23-;15-,17+,19+,20-;14-,16+,19+,20-;15-,17+,19+,20-/m1111/s1. The number of fused-ring (bicyclic) bond motifs is 8. The number of pyridine rings is 3. The number of aryl methyl sites for hydroxylation is 3. The van der Waals surface area contributed by atoms with E-state index in [0.29, 0.717) is 95.5 Å². The maximum absolute atomic E-state index is 14.6. The quantitative estimate of drug-likeness (QED) is 0.0479. The number of rotatable bonds is 13. The fourth-order valence-corrected chi connectivity index (χ4v) is 19.1. The minimum absolute atomic E-state index is 0.100. The van der Waals surface area contributed by atoms with Gasteiger partial charge in [0.05, 0.1) is 51.4 Å². The minimum Gasteiger partial charge on any atom is -0.487 e. The van der Waals surface area contributed by atoms with Crippen LogP contribution in [0.15, 0.2) is 116 Å². The number of aliphatic hydroxyl groups is 8. The molecule has 4 aromatic carbocycles. The van der Waals surface area contributed by atoms with Gasteiger partial charge in [0, 0.05) is 139 Å². The van der Waals surface area contributed by atoms with Gasteiger partial charge in [-0.2, -0.15) is 0 Å². The van der Waals surface area contributed by atoms with E-state index in [1.807, 2.05) is 18.2 Å². The Morgan fingerprint density at radius 3 is 1.31 bits per heavy atom. The summed E-state index contributed by atoms with van der Waals surface area (Å²) in [6.07, 6.45) is 7.16. The topological polar surface area (TPSA) is 397 Å². The second-order valence-corrected chi connectivity index (χ2v) is 32.8. The summed E-state index contributed by atoms with van der Waals surface area (Å²) in [5.74, 6) is -1.74. The third-order valence-electron chi connectivity index (χ3n) is 25.2. The van der Waals surface area contributed by atoms with E-state index in [9.17, 15) is 67.2 Å². The third kappa shape index (κ3) is 15.6. The molecule has 8 aliphatic rings. The van der Waals surface area contributed by atoms with Crippen LogP contribution in [-0.2, 0) is 58.2 Å². The molecular formula is C87H94ClF6N15O12. The van der Waals surface area contributed by atoms with E-state index < -0.39 is 132 Å². The summed E-state index contributed by atoms with van der Waals surface area (Å²) in [5, 5.41) is 96.8. The highest BCUT2D eigenvalue weighted by molar-refractivity contribution is 6.30. The summed E-state index contributed by atoms with van der Waals surface area (Å²) in [6, 6.07) is 16.9. The minimum atomic E-state index is -1.33. The molecule has 17 N–H and O–H groups in total. The van der Waals surface area contributed by atoms with Crippen LogP contribution in [0.5, 0.6) is 23.0 Å². The molecule has 20 rings (SSSR count). The van der Waals surface area contributed by atoms with Crippen LogP contribution >= 0.6 is 11.6 Å². The number of hydrogen-bond acceptors (Lipinski definition) is 23. The lowest BCUT2D eigenvalue weighted by molar-refractivity contribution is -0.0167. The molecule has 0 unspecified atom stereocenters. The normalized spacial score (nSPS) is 26.0. The van der Waals surface area contributed by atoms with Crippen molar-refractivity contribution in [2.45, 2.75) is 208 Å². The van der Waals surface area contributed by atoms with E-state index in [1.54, 1.807) is 22.1 Å². The van der Waals surface area contributed by atoms with Gasteiger partial charge in [-0.05, 0) is 148 Å². The largest absolute Gasteiger partial charge is 0.487 e. The number of nitrogens with two attached hydrogens (primary N) is 3. The predicted molar refractivity (Wildman–Crippen MR) is 438 cm³/mol. The van der Waals surface area contributed by atoms with Gasteiger partial charge in [0.1, 0.15) is 125 Å². The van der Waals surface area contributed by atoms with Gasteiger partial charge in [-0.1, -0.05) is 36.7 Å². The van der Waals surface area contributed by atoms with Crippen molar-refractivity contribution in [1.29, 1.82) is 0 Å². The molecule has 11 heterocycles. The lowest BCUT2D eigenvalue weighted by Gasteiger charge is -2.25. The summed E-state index contributed by atoms with van der Waals surface area (Å²) in [4.78, 5) is 20.9. The highest BCUT2D eigenvalue weighted by Crippen LogP contribution is 2.46. The molecule has 0 amide bonds. The molecule has 3 aliphatic heterocycles. The number of nitrogens with zero attached hydrogens (tertiary/aromatic N) is 9. The lowest BCUT2D eigenvalue weighted by atomic mass is 9.89. The van der Waals surface area contributed by atoms with Crippen molar-refractivity contribution in [2.75, 3.05) is 36.8 Å². The SMILES string of the molecule is CCc1cc2c(c(O[C@H]3C[C@@H](n4cc(F)c5c(C)ncnc54)[C@H](O)[C@@H]3O)c1)CCCC2.Nc1ccnc2c1c(F)cn2[C@@H]1C[C@H](Oc2cc(Cl)cc3c2CNCC3)[C@@H](O)[C@H]1O.Nc1ccnc2c1c(F)cn2[C@@H]1C[C@H](Oc2cc(F)c(F)c3c2CNCC3)[C@@H](O)[C@H]1O.Nc1ccnc2c1c(F)cn2[C@@H]1C[C@H](Oc2cccc3c2CNCC3)[C@@H](O)[C@H]1O. The molecular weight excluding hydrogens is 1600 g/mol. The highest BCUT2D eigenvalue weighted by atomic mass is 35.5. The number of hydrogen-bond donors (Lipinski definition) is 14. The first-order chi connectivity index (χ1) is 58.3. The van der Waals surface area contributed by atoms with E-state index in [0.717, 1.165) is 80.1 Å². The fraction of sp³-hybridized carbons (Fsp3) is 0.414. The summed E-state index contributed by atoms with van der Waals surface area (Å²) in [6.45, 7) is 7.80. The van der Waals surface area contributed by atoms with Gasteiger partial charge >= 0.3 is 0 Å². The first-order valence-corrected chi connectivity index (χ1v) is 41.2. The Morgan fingerprint density at radius 2 is 0.818 bits per heavy atom. The van der Waals surface area contributed by atoms with Gasteiger partial charge in [-0.15, -0.1) is 0 Å². The van der Waals surface area contributed by atoms with E-state index in [2.05, 4.69) is 66.0 Å². The number of anilines is 3. The average Bonchev–Trinajstić information content (AvgIpc) is 1.59. The van der Waals surface area contributed by atoms with Crippen molar-refractivity contribution in [3.05, 3.63) is 212 Å². The van der Waals surface area contributed by atoms with Gasteiger partial charge in [0.2, 0.25) is 0 Å². The number of aliphatic hydroxyl groups excluding tert-OH is 8. The summed E-state index contributed by atoms with van der Waals surface area (Å²) in [5.41, 5.74) is 29.2. The number of nitrogen functional groups attached to an aromatic ring is 3. The van der Waals surface area contributed by atoms with Gasteiger partial charge in [-0.25, -0.2) is 51.3 Å². The molecule has 4 fully saturated rings. The Labute approximate surface area is 694 Å². The summed E-state index contributed by atoms with van der Waals surface area (Å²) >= 11 is 6.26. The molecule has 0 spiro atoms. The van der Waals surface area contributed by atoms with Crippen molar-refractivity contribution in [1.82, 2.24) is 59.1 Å². The molecule has 638 valence electrons. The third-order valence-corrected chi connectivity index (χ3v) is 25.4. The maximum atomic E-state index is 14.6. The molecule has 12 aromatic rings. The Balaban J connectivity index is 0.000000115. The lowest BCUT2D eigenvalue weighted by Crippen LogP contribution is -2.35. The van der Waals surface area contributed by atoms with Crippen LogP contribution in [0.2, 0.25) is 5.02 Å². The zero-order valence-electron chi connectivity index (χ0n) is 66.0.